The van der Waals surface area contributed by atoms with Crippen molar-refractivity contribution in [1.29, 1.82) is 0 Å². The Morgan fingerprint density at radius 1 is 1.29 bits per heavy atom. The van der Waals surface area contributed by atoms with Gasteiger partial charge in [0.25, 0.3) is 5.69 Å². The number of benzene rings is 1. The molecule has 6 nitrogen and oxygen atoms in total. The molecule has 2 aromatic rings. The van der Waals surface area contributed by atoms with Crippen molar-refractivity contribution in [3.8, 4) is 0 Å². The van der Waals surface area contributed by atoms with Crippen LogP contribution in [-0.2, 0) is 6.54 Å². The molecule has 2 heterocycles. The average molecular weight is 347 g/mol. The van der Waals surface area contributed by atoms with Crippen molar-refractivity contribution < 1.29 is 4.92 Å². The van der Waals surface area contributed by atoms with Gasteiger partial charge in [0.05, 0.1) is 15.6 Å². The van der Waals surface area contributed by atoms with E-state index in [2.05, 4.69) is 20.9 Å². The number of nitro benzene ring substituents is 1. The van der Waals surface area contributed by atoms with Gasteiger partial charge in [-0.05, 0) is 24.1 Å². The Morgan fingerprint density at radius 2 is 2.04 bits per heavy atom. The van der Waals surface area contributed by atoms with E-state index in [1.165, 1.54) is 11.6 Å². The molecule has 1 aliphatic heterocycles. The number of anilines is 1. The Kier molecular flexibility index (Phi) is 4.97. The van der Waals surface area contributed by atoms with Gasteiger partial charge in [0, 0.05) is 57.3 Å². The lowest BCUT2D eigenvalue weighted by molar-refractivity contribution is -0.384. The van der Waals surface area contributed by atoms with Crippen LogP contribution in [0.1, 0.15) is 11.1 Å². The largest absolute Gasteiger partial charge is 0.368 e. The van der Waals surface area contributed by atoms with Crippen molar-refractivity contribution in [3.05, 3.63) is 62.9 Å². The van der Waals surface area contributed by atoms with Crippen LogP contribution in [0.3, 0.4) is 0 Å². The number of aryl methyl sites for hydroxylation is 1. The molecule has 1 aromatic heterocycles. The van der Waals surface area contributed by atoms with Gasteiger partial charge < -0.3 is 4.90 Å². The van der Waals surface area contributed by atoms with Gasteiger partial charge in [0.15, 0.2) is 0 Å². The summed E-state index contributed by atoms with van der Waals surface area (Å²) in [4.78, 5) is 19.3. The number of hydrogen-bond acceptors (Lipinski definition) is 5. The fourth-order valence-corrected chi connectivity index (χ4v) is 3.48. The summed E-state index contributed by atoms with van der Waals surface area (Å²) >= 11 is 6.31. The lowest BCUT2D eigenvalue weighted by Gasteiger charge is -2.37. The van der Waals surface area contributed by atoms with Crippen molar-refractivity contribution in [3.63, 3.8) is 0 Å². The Bertz CT molecular complexity index is 708. The van der Waals surface area contributed by atoms with Crippen LogP contribution in [0.5, 0.6) is 0 Å². The van der Waals surface area contributed by atoms with Crippen molar-refractivity contribution in [2.75, 3.05) is 31.1 Å². The first kappa shape index (κ1) is 16.7. The number of aromatic nitrogens is 1. The molecule has 1 saturated heterocycles. The van der Waals surface area contributed by atoms with Crippen LogP contribution in [0, 0.1) is 17.0 Å². The van der Waals surface area contributed by atoms with Gasteiger partial charge in [-0.3, -0.25) is 20.0 Å². The Balaban J connectivity index is 1.67. The third-order valence-electron chi connectivity index (χ3n) is 4.27. The zero-order chi connectivity index (χ0) is 17.1. The summed E-state index contributed by atoms with van der Waals surface area (Å²) in [6.45, 7) is 6.28. The first-order valence-corrected chi connectivity index (χ1v) is 8.23. The Morgan fingerprint density at radius 3 is 2.62 bits per heavy atom. The summed E-state index contributed by atoms with van der Waals surface area (Å²) in [5.41, 5.74) is 2.99. The molecule has 0 unspecified atom stereocenters. The monoisotopic (exact) mass is 346 g/mol. The zero-order valence-corrected chi connectivity index (χ0v) is 14.2. The number of pyridine rings is 1. The Hall–Kier alpha value is -2.18. The molecule has 1 aliphatic rings. The molecule has 0 aliphatic carbocycles. The average Bonchev–Trinajstić information content (AvgIpc) is 2.56. The number of nitrogens with zero attached hydrogens (tertiary/aromatic N) is 4. The van der Waals surface area contributed by atoms with Crippen LogP contribution in [0.25, 0.3) is 0 Å². The number of piperazine rings is 1. The second kappa shape index (κ2) is 7.15. The molecule has 0 saturated carbocycles. The SMILES string of the molecule is Cc1cc([N+](=O)[O-])cc(Cl)c1N1CCN(Cc2cccnc2)CC1. The predicted octanol–water partition coefficient (Wildman–Crippen LogP) is 3.27. The molecule has 3 rings (SSSR count). The van der Waals surface area contributed by atoms with E-state index in [-0.39, 0.29) is 5.69 Å². The molecular formula is C17H19ClN4O2. The summed E-state index contributed by atoms with van der Waals surface area (Å²) in [7, 11) is 0. The van der Waals surface area contributed by atoms with Crippen molar-refractivity contribution >= 4 is 23.0 Å². The van der Waals surface area contributed by atoms with Crippen molar-refractivity contribution in [1.82, 2.24) is 9.88 Å². The minimum absolute atomic E-state index is 0.0384. The highest BCUT2D eigenvalue weighted by Crippen LogP contribution is 2.34. The van der Waals surface area contributed by atoms with Gasteiger partial charge in [-0.1, -0.05) is 17.7 Å². The minimum atomic E-state index is -0.408. The van der Waals surface area contributed by atoms with E-state index in [9.17, 15) is 10.1 Å². The van der Waals surface area contributed by atoms with E-state index in [0.717, 1.165) is 44.0 Å². The molecule has 0 N–H and O–H groups in total. The molecule has 1 aromatic carbocycles. The summed E-state index contributed by atoms with van der Waals surface area (Å²) in [5, 5.41) is 11.4. The first-order chi connectivity index (χ1) is 11.5. The highest BCUT2D eigenvalue weighted by atomic mass is 35.5. The van der Waals surface area contributed by atoms with Crippen LogP contribution in [0.4, 0.5) is 11.4 Å². The van der Waals surface area contributed by atoms with E-state index in [1.807, 2.05) is 19.2 Å². The predicted molar refractivity (Wildman–Crippen MR) is 94.6 cm³/mol. The lowest BCUT2D eigenvalue weighted by atomic mass is 10.1. The van der Waals surface area contributed by atoms with Gasteiger partial charge in [-0.25, -0.2) is 0 Å². The molecular weight excluding hydrogens is 328 g/mol. The third-order valence-corrected chi connectivity index (χ3v) is 4.56. The molecule has 0 bridgehead atoms. The van der Waals surface area contributed by atoms with Crippen molar-refractivity contribution in [2.24, 2.45) is 0 Å². The number of nitro groups is 1. The molecule has 1 fully saturated rings. The van der Waals surface area contributed by atoms with Gasteiger partial charge in [0.1, 0.15) is 0 Å². The third kappa shape index (κ3) is 3.66. The highest BCUT2D eigenvalue weighted by molar-refractivity contribution is 6.33. The highest BCUT2D eigenvalue weighted by Gasteiger charge is 2.22. The van der Waals surface area contributed by atoms with Crippen LogP contribution < -0.4 is 4.90 Å². The van der Waals surface area contributed by atoms with Crippen LogP contribution >= 0.6 is 11.6 Å². The second-order valence-corrected chi connectivity index (χ2v) is 6.38. The quantitative estimate of drug-likeness (QED) is 0.628. The number of non-ortho nitro benzene ring substituents is 1. The molecule has 7 heteroatoms. The lowest BCUT2D eigenvalue weighted by Crippen LogP contribution is -2.46. The first-order valence-electron chi connectivity index (χ1n) is 7.85. The standard InChI is InChI=1S/C17H19ClN4O2/c1-13-9-15(22(23)24)10-16(18)17(13)21-7-5-20(6-8-21)12-14-3-2-4-19-11-14/h2-4,9-11H,5-8,12H2,1H3. The van der Waals surface area contributed by atoms with Crippen molar-refractivity contribution in [2.45, 2.75) is 13.5 Å². The number of hydrogen-bond donors (Lipinski definition) is 0. The summed E-state index contributed by atoms with van der Waals surface area (Å²) in [6.07, 6.45) is 3.67. The van der Waals surface area contributed by atoms with Gasteiger partial charge >= 0.3 is 0 Å². The van der Waals surface area contributed by atoms with E-state index in [4.69, 9.17) is 11.6 Å². The zero-order valence-electron chi connectivity index (χ0n) is 13.5. The van der Waals surface area contributed by atoms with E-state index < -0.39 is 4.92 Å². The Labute approximate surface area is 145 Å². The summed E-state index contributed by atoms with van der Waals surface area (Å²) < 4.78 is 0. The summed E-state index contributed by atoms with van der Waals surface area (Å²) in [5.74, 6) is 0. The van der Waals surface area contributed by atoms with E-state index >= 15 is 0 Å². The maximum absolute atomic E-state index is 10.9. The molecule has 126 valence electrons. The molecule has 0 radical (unpaired) electrons. The van der Waals surface area contributed by atoms with Crippen LogP contribution in [0.2, 0.25) is 5.02 Å². The smallest absolute Gasteiger partial charge is 0.271 e. The fourth-order valence-electron chi connectivity index (χ4n) is 3.10. The maximum atomic E-state index is 10.9. The molecule has 0 spiro atoms. The van der Waals surface area contributed by atoms with Gasteiger partial charge in [-0.15, -0.1) is 0 Å². The van der Waals surface area contributed by atoms with Gasteiger partial charge in [0.2, 0.25) is 0 Å². The van der Waals surface area contributed by atoms with Gasteiger partial charge in [-0.2, -0.15) is 0 Å². The molecule has 24 heavy (non-hydrogen) atoms. The van der Waals surface area contributed by atoms with Crippen LogP contribution in [0.15, 0.2) is 36.7 Å². The second-order valence-electron chi connectivity index (χ2n) is 5.97. The topological polar surface area (TPSA) is 62.5 Å². The molecule has 0 atom stereocenters. The van der Waals surface area contributed by atoms with E-state index in [1.54, 1.807) is 12.3 Å². The fraction of sp³-hybridized carbons (Fsp3) is 0.353. The maximum Gasteiger partial charge on any atom is 0.271 e. The number of rotatable bonds is 4. The minimum Gasteiger partial charge on any atom is -0.368 e. The number of halogens is 1. The molecule has 0 amide bonds. The normalized spacial score (nSPS) is 15.5. The van der Waals surface area contributed by atoms with E-state index in [0.29, 0.717) is 5.02 Å². The summed E-state index contributed by atoms with van der Waals surface area (Å²) in [6, 6.07) is 7.05. The van der Waals surface area contributed by atoms with Crippen LogP contribution in [-0.4, -0.2) is 41.0 Å².